The molecular weight excluding hydrogens is 257 g/mol. The molecule has 0 aliphatic rings. The van der Waals surface area contributed by atoms with E-state index in [2.05, 4.69) is 15.0 Å². The van der Waals surface area contributed by atoms with Gasteiger partial charge < -0.3 is 5.73 Å². The summed E-state index contributed by atoms with van der Waals surface area (Å²) in [6.07, 6.45) is -0.709. The molecule has 1 atom stereocenters. The number of nitrogens with two attached hydrogens (primary N) is 1. The first kappa shape index (κ1) is 13.4. The van der Waals surface area contributed by atoms with Gasteiger partial charge in [-0.1, -0.05) is 0 Å². The Morgan fingerprint density at radius 2 is 1.79 bits per heavy atom. The zero-order chi connectivity index (χ0) is 14.0. The highest BCUT2D eigenvalue weighted by Gasteiger charge is 2.30. The van der Waals surface area contributed by atoms with Crippen LogP contribution in [-0.4, -0.2) is 15.0 Å². The van der Waals surface area contributed by atoms with Gasteiger partial charge in [0.25, 0.3) is 0 Å². The van der Waals surface area contributed by atoms with Gasteiger partial charge in [0.2, 0.25) is 0 Å². The molecule has 2 heterocycles. The Balaban J connectivity index is 2.43. The molecule has 4 nitrogen and oxygen atoms in total. The summed E-state index contributed by atoms with van der Waals surface area (Å²) in [5.74, 6) is 0. The summed E-state index contributed by atoms with van der Waals surface area (Å²) in [6, 6.07) is 1.84. The van der Waals surface area contributed by atoms with Crippen molar-refractivity contribution in [3.05, 3.63) is 42.0 Å². The molecule has 0 fully saturated rings. The highest BCUT2D eigenvalue weighted by Crippen LogP contribution is 2.30. The molecular formula is C12H11F3N4. The summed E-state index contributed by atoms with van der Waals surface area (Å²) in [6.45, 7) is 1.72. The minimum absolute atomic E-state index is 0.313. The van der Waals surface area contributed by atoms with Crippen LogP contribution >= 0.6 is 0 Å². The van der Waals surface area contributed by atoms with Gasteiger partial charge in [0.15, 0.2) is 0 Å². The smallest absolute Gasteiger partial charge is 0.323 e. The Morgan fingerprint density at radius 1 is 1.11 bits per heavy atom. The van der Waals surface area contributed by atoms with E-state index in [4.69, 9.17) is 5.73 Å². The average Bonchev–Trinajstić information content (AvgIpc) is 2.38. The van der Waals surface area contributed by atoms with Crippen molar-refractivity contribution in [3.8, 4) is 11.4 Å². The third-order valence-corrected chi connectivity index (χ3v) is 2.49. The topological polar surface area (TPSA) is 64.7 Å². The van der Waals surface area contributed by atoms with Gasteiger partial charge in [-0.25, -0.2) is 0 Å². The highest BCUT2D eigenvalue weighted by atomic mass is 19.4. The van der Waals surface area contributed by atoms with Crippen molar-refractivity contribution in [1.29, 1.82) is 0 Å². The molecule has 0 amide bonds. The van der Waals surface area contributed by atoms with E-state index < -0.39 is 11.7 Å². The number of alkyl halides is 3. The molecule has 2 rings (SSSR count). The molecule has 2 aromatic heterocycles. The Labute approximate surface area is 107 Å². The molecule has 2 aromatic rings. The first-order valence-corrected chi connectivity index (χ1v) is 5.49. The molecule has 0 saturated carbocycles. The second-order valence-corrected chi connectivity index (χ2v) is 4.01. The summed E-state index contributed by atoms with van der Waals surface area (Å²) >= 11 is 0. The lowest BCUT2D eigenvalue weighted by Gasteiger charge is -2.10. The van der Waals surface area contributed by atoms with Crippen molar-refractivity contribution < 1.29 is 13.2 Å². The van der Waals surface area contributed by atoms with Crippen molar-refractivity contribution in [2.24, 2.45) is 5.73 Å². The first-order valence-electron chi connectivity index (χ1n) is 5.49. The van der Waals surface area contributed by atoms with Crippen LogP contribution < -0.4 is 5.73 Å². The molecule has 0 unspecified atom stereocenters. The molecule has 19 heavy (non-hydrogen) atoms. The van der Waals surface area contributed by atoms with Gasteiger partial charge in [-0.15, -0.1) is 0 Å². The fraction of sp³-hybridized carbons (Fsp3) is 0.250. The van der Waals surface area contributed by atoms with Gasteiger partial charge in [-0.2, -0.15) is 13.2 Å². The maximum absolute atomic E-state index is 12.4. The Hall–Kier alpha value is -2.02. The molecule has 0 bridgehead atoms. The predicted molar refractivity (Wildman–Crippen MR) is 62.9 cm³/mol. The monoisotopic (exact) mass is 268 g/mol. The fourth-order valence-corrected chi connectivity index (χ4v) is 1.58. The van der Waals surface area contributed by atoms with E-state index in [9.17, 15) is 13.2 Å². The van der Waals surface area contributed by atoms with Crippen LogP contribution in [0.1, 0.15) is 24.2 Å². The number of rotatable bonds is 2. The zero-order valence-corrected chi connectivity index (χ0v) is 10.0. The van der Waals surface area contributed by atoms with E-state index in [1.165, 1.54) is 18.5 Å². The summed E-state index contributed by atoms with van der Waals surface area (Å²) < 4.78 is 37.3. The normalized spacial score (nSPS) is 13.3. The maximum Gasteiger partial charge on any atom is 0.417 e. The lowest BCUT2D eigenvalue weighted by molar-refractivity contribution is -0.137. The Kier molecular flexibility index (Phi) is 3.48. The lowest BCUT2D eigenvalue weighted by atomic mass is 10.1. The van der Waals surface area contributed by atoms with E-state index in [0.29, 0.717) is 17.1 Å². The number of nitrogens with zero attached hydrogens (tertiary/aromatic N) is 3. The van der Waals surface area contributed by atoms with E-state index in [1.54, 1.807) is 6.92 Å². The molecule has 0 radical (unpaired) electrons. The SMILES string of the molecule is C[C@@H](N)c1nccnc1-c1ccc(C(F)(F)F)cn1. The number of hydrogen-bond donors (Lipinski definition) is 1. The average molecular weight is 268 g/mol. The second-order valence-electron chi connectivity index (χ2n) is 4.01. The van der Waals surface area contributed by atoms with Crippen LogP contribution in [0.3, 0.4) is 0 Å². The summed E-state index contributed by atoms with van der Waals surface area (Å²) in [5.41, 5.74) is 6.14. The van der Waals surface area contributed by atoms with Crippen LogP contribution in [0.15, 0.2) is 30.7 Å². The largest absolute Gasteiger partial charge is 0.417 e. The minimum atomic E-state index is -4.40. The molecule has 0 aliphatic heterocycles. The highest BCUT2D eigenvalue weighted by molar-refractivity contribution is 5.57. The molecule has 0 saturated heterocycles. The second kappa shape index (κ2) is 4.93. The maximum atomic E-state index is 12.4. The van der Waals surface area contributed by atoms with Gasteiger partial charge in [-0.05, 0) is 19.1 Å². The van der Waals surface area contributed by atoms with Gasteiger partial charge in [0, 0.05) is 24.6 Å². The number of halogens is 3. The van der Waals surface area contributed by atoms with E-state index in [1.807, 2.05) is 0 Å². The van der Waals surface area contributed by atoms with Gasteiger partial charge in [0.05, 0.1) is 17.0 Å². The molecule has 7 heteroatoms. The van der Waals surface area contributed by atoms with Crippen molar-refractivity contribution in [1.82, 2.24) is 15.0 Å². The molecule has 0 spiro atoms. The standard InChI is InChI=1S/C12H11F3N4/c1-7(16)10-11(18-5-4-17-10)9-3-2-8(6-19-9)12(13,14)15/h2-7H,16H2,1H3/t7-/m1/s1. The summed E-state index contributed by atoms with van der Waals surface area (Å²) in [5, 5.41) is 0. The summed E-state index contributed by atoms with van der Waals surface area (Å²) in [4.78, 5) is 11.9. The third kappa shape index (κ3) is 2.87. The molecule has 100 valence electrons. The predicted octanol–water partition coefficient (Wildman–Crippen LogP) is 2.58. The van der Waals surface area contributed by atoms with Crippen LogP contribution in [0.4, 0.5) is 13.2 Å². The molecule has 0 aliphatic carbocycles. The van der Waals surface area contributed by atoms with Crippen LogP contribution in [-0.2, 0) is 6.18 Å². The van der Waals surface area contributed by atoms with Crippen LogP contribution in [0.25, 0.3) is 11.4 Å². The zero-order valence-electron chi connectivity index (χ0n) is 10.0. The van der Waals surface area contributed by atoms with E-state index in [0.717, 1.165) is 12.3 Å². The number of aromatic nitrogens is 3. The van der Waals surface area contributed by atoms with Crippen molar-refractivity contribution in [2.45, 2.75) is 19.1 Å². The minimum Gasteiger partial charge on any atom is -0.323 e. The fourth-order valence-electron chi connectivity index (χ4n) is 1.58. The van der Waals surface area contributed by atoms with Crippen LogP contribution in [0.5, 0.6) is 0 Å². The van der Waals surface area contributed by atoms with Gasteiger partial charge in [-0.3, -0.25) is 15.0 Å². The van der Waals surface area contributed by atoms with Crippen molar-refractivity contribution in [2.75, 3.05) is 0 Å². The van der Waals surface area contributed by atoms with Gasteiger partial charge >= 0.3 is 6.18 Å². The van der Waals surface area contributed by atoms with E-state index >= 15 is 0 Å². The quantitative estimate of drug-likeness (QED) is 0.909. The molecule has 0 aromatic carbocycles. The Morgan fingerprint density at radius 3 is 2.32 bits per heavy atom. The number of hydrogen-bond acceptors (Lipinski definition) is 4. The Bertz CT molecular complexity index is 564. The van der Waals surface area contributed by atoms with Crippen LogP contribution in [0, 0.1) is 0 Å². The first-order chi connectivity index (χ1) is 8.89. The van der Waals surface area contributed by atoms with Crippen LogP contribution in [0.2, 0.25) is 0 Å². The summed E-state index contributed by atoms with van der Waals surface area (Å²) in [7, 11) is 0. The van der Waals surface area contributed by atoms with E-state index in [-0.39, 0.29) is 6.04 Å². The van der Waals surface area contributed by atoms with Crippen molar-refractivity contribution in [3.63, 3.8) is 0 Å². The lowest BCUT2D eigenvalue weighted by Crippen LogP contribution is -2.11. The van der Waals surface area contributed by atoms with Gasteiger partial charge in [0.1, 0.15) is 5.69 Å². The third-order valence-electron chi connectivity index (χ3n) is 2.49. The number of pyridine rings is 1. The molecule has 2 N–H and O–H groups in total. The van der Waals surface area contributed by atoms with Crippen molar-refractivity contribution >= 4 is 0 Å².